The minimum absolute atomic E-state index is 0.149. The summed E-state index contributed by atoms with van der Waals surface area (Å²) in [5.41, 5.74) is 1.07. The molecule has 1 aliphatic rings. The second-order valence-corrected chi connectivity index (χ2v) is 7.07. The maximum absolute atomic E-state index is 13.5. The van der Waals surface area contributed by atoms with Gasteiger partial charge < -0.3 is 9.73 Å². The molecule has 2 aromatic rings. The standard InChI is InChI=1S/C16H17FN2O4S/c17-24(21,22)19(11-15-2-1-9-23-15)10-12-3-5-13(6-4-12)16(20)18-14-7-8-14/h1-6,9,14H,7-8,10-11H2,(H,18,20). The van der Waals surface area contributed by atoms with Crippen LogP contribution in [0.2, 0.25) is 0 Å². The fourth-order valence-corrected chi connectivity index (χ4v) is 2.83. The largest absolute Gasteiger partial charge is 0.468 e. The minimum atomic E-state index is -4.88. The molecule has 0 bridgehead atoms. The van der Waals surface area contributed by atoms with E-state index >= 15 is 0 Å². The molecular formula is C16H17FN2O4S. The smallest absolute Gasteiger partial charge is 0.375 e. The number of furan rings is 1. The Hall–Kier alpha value is -2.19. The number of amides is 1. The molecule has 1 saturated carbocycles. The van der Waals surface area contributed by atoms with Crippen molar-refractivity contribution in [1.82, 2.24) is 9.62 Å². The molecular weight excluding hydrogens is 335 g/mol. The van der Waals surface area contributed by atoms with Crippen LogP contribution in [0, 0.1) is 0 Å². The monoisotopic (exact) mass is 352 g/mol. The van der Waals surface area contributed by atoms with E-state index in [1.165, 1.54) is 6.26 Å². The molecule has 0 atom stereocenters. The van der Waals surface area contributed by atoms with Crippen LogP contribution >= 0.6 is 0 Å². The lowest BCUT2D eigenvalue weighted by atomic mass is 10.1. The first-order chi connectivity index (χ1) is 11.4. The van der Waals surface area contributed by atoms with Crippen LogP contribution in [0.1, 0.15) is 34.5 Å². The van der Waals surface area contributed by atoms with Crippen molar-refractivity contribution >= 4 is 16.3 Å². The highest BCUT2D eigenvalue weighted by molar-refractivity contribution is 7.83. The van der Waals surface area contributed by atoms with Crippen LogP contribution in [-0.2, 0) is 23.5 Å². The molecule has 0 saturated heterocycles. The van der Waals surface area contributed by atoms with Crippen molar-refractivity contribution in [2.24, 2.45) is 0 Å². The molecule has 0 aliphatic heterocycles. The van der Waals surface area contributed by atoms with Crippen molar-refractivity contribution in [3.05, 3.63) is 59.5 Å². The van der Waals surface area contributed by atoms with Gasteiger partial charge in [-0.25, -0.2) is 0 Å². The number of hydrogen-bond acceptors (Lipinski definition) is 4. The lowest BCUT2D eigenvalue weighted by molar-refractivity contribution is 0.0951. The van der Waals surface area contributed by atoms with Gasteiger partial charge in [-0.05, 0) is 42.7 Å². The third-order valence-corrected chi connectivity index (χ3v) is 4.58. The summed E-state index contributed by atoms with van der Waals surface area (Å²) in [6.45, 7) is -0.347. The molecule has 8 heteroatoms. The highest BCUT2D eigenvalue weighted by Gasteiger charge is 2.24. The predicted octanol–water partition coefficient (Wildman–Crippen LogP) is 2.39. The summed E-state index contributed by atoms with van der Waals surface area (Å²) in [5.74, 6) is 0.186. The summed E-state index contributed by atoms with van der Waals surface area (Å²) in [6, 6.07) is 9.86. The number of carbonyl (C=O) groups is 1. The van der Waals surface area contributed by atoms with Crippen molar-refractivity contribution in [2.75, 3.05) is 0 Å². The maximum Gasteiger partial charge on any atom is 0.375 e. The van der Waals surface area contributed by atoms with Crippen molar-refractivity contribution in [1.29, 1.82) is 0 Å². The van der Waals surface area contributed by atoms with Crippen LogP contribution in [-0.4, -0.2) is 24.7 Å². The second-order valence-electron chi connectivity index (χ2n) is 5.73. The molecule has 1 amide bonds. The lowest BCUT2D eigenvalue weighted by Crippen LogP contribution is -2.27. The molecule has 0 radical (unpaired) electrons. The van der Waals surface area contributed by atoms with E-state index in [1.54, 1.807) is 36.4 Å². The average molecular weight is 352 g/mol. The van der Waals surface area contributed by atoms with E-state index in [-0.39, 0.29) is 25.0 Å². The first-order valence-electron chi connectivity index (χ1n) is 7.54. The number of nitrogens with zero attached hydrogens (tertiary/aromatic N) is 1. The fraction of sp³-hybridized carbons (Fsp3) is 0.312. The molecule has 3 rings (SSSR count). The van der Waals surface area contributed by atoms with E-state index in [9.17, 15) is 17.1 Å². The lowest BCUT2D eigenvalue weighted by Gasteiger charge is -2.16. The Morgan fingerprint density at radius 3 is 2.46 bits per heavy atom. The van der Waals surface area contributed by atoms with Gasteiger partial charge in [0, 0.05) is 18.2 Å². The van der Waals surface area contributed by atoms with Gasteiger partial charge in [0.2, 0.25) is 0 Å². The Morgan fingerprint density at radius 2 is 1.92 bits per heavy atom. The third-order valence-electron chi connectivity index (χ3n) is 3.71. The predicted molar refractivity (Wildman–Crippen MR) is 84.9 cm³/mol. The normalized spacial score (nSPS) is 14.8. The number of halogens is 1. The van der Waals surface area contributed by atoms with Crippen molar-refractivity contribution in [3.63, 3.8) is 0 Å². The van der Waals surface area contributed by atoms with Gasteiger partial charge >= 0.3 is 10.4 Å². The van der Waals surface area contributed by atoms with Gasteiger partial charge in [0.1, 0.15) is 5.76 Å². The minimum Gasteiger partial charge on any atom is -0.468 e. The molecule has 1 aliphatic carbocycles. The molecule has 0 unspecified atom stereocenters. The second kappa shape index (κ2) is 6.74. The number of hydrogen-bond donors (Lipinski definition) is 1. The number of nitrogens with one attached hydrogen (secondary N) is 1. The highest BCUT2D eigenvalue weighted by Crippen LogP contribution is 2.20. The van der Waals surface area contributed by atoms with Gasteiger partial charge in [0.15, 0.2) is 0 Å². The van der Waals surface area contributed by atoms with Crippen molar-refractivity contribution in [3.8, 4) is 0 Å². The zero-order valence-electron chi connectivity index (χ0n) is 12.8. The van der Waals surface area contributed by atoms with Gasteiger partial charge in [-0.2, -0.15) is 12.7 Å². The fourth-order valence-electron chi connectivity index (χ4n) is 2.25. The number of benzene rings is 1. The summed E-state index contributed by atoms with van der Waals surface area (Å²) in [7, 11) is -4.88. The summed E-state index contributed by atoms with van der Waals surface area (Å²) >= 11 is 0. The van der Waals surface area contributed by atoms with Crippen LogP contribution in [0.15, 0.2) is 47.1 Å². The average Bonchev–Trinajstić information content (AvgIpc) is 3.19. The molecule has 1 fully saturated rings. The van der Waals surface area contributed by atoms with E-state index in [2.05, 4.69) is 5.32 Å². The van der Waals surface area contributed by atoms with E-state index in [4.69, 9.17) is 4.42 Å². The Morgan fingerprint density at radius 1 is 1.21 bits per heavy atom. The van der Waals surface area contributed by atoms with E-state index < -0.39 is 10.4 Å². The first kappa shape index (κ1) is 16.7. The summed E-state index contributed by atoms with van der Waals surface area (Å²) in [4.78, 5) is 11.9. The van der Waals surface area contributed by atoms with Crippen molar-refractivity contribution < 1.29 is 21.5 Å². The highest BCUT2D eigenvalue weighted by atomic mass is 32.3. The first-order valence-corrected chi connectivity index (χ1v) is 8.88. The van der Waals surface area contributed by atoms with Gasteiger partial charge in [0.05, 0.1) is 12.8 Å². The molecule has 1 aromatic heterocycles. The molecule has 1 N–H and O–H groups in total. The summed E-state index contributed by atoms with van der Waals surface area (Å²) in [5, 5.41) is 2.87. The third kappa shape index (κ3) is 4.42. The Labute approximate surface area is 139 Å². The summed E-state index contributed by atoms with van der Waals surface area (Å²) < 4.78 is 41.9. The van der Waals surface area contributed by atoms with Crippen LogP contribution in [0.5, 0.6) is 0 Å². The van der Waals surface area contributed by atoms with Crippen LogP contribution in [0.4, 0.5) is 3.89 Å². The molecule has 0 spiro atoms. The Kier molecular flexibility index (Phi) is 4.68. The van der Waals surface area contributed by atoms with Crippen molar-refractivity contribution in [2.45, 2.75) is 32.0 Å². The molecule has 24 heavy (non-hydrogen) atoms. The van der Waals surface area contributed by atoms with Gasteiger partial charge in [-0.15, -0.1) is 0 Å². The number of carbonyl (C=O) groups excluding carboxylic acids is 1. The Balaban J connectivity index is 1.68. The van der Waals surface area contributed by atoms with Gasteiger partial charge in [0.25, 0.3) is 5.91 Å². The van der Waals surface area contributed by atoms with E-state index in [0.717, 1.165) is 12.8 Å². The van der Waals surface area contributed by atoms with Crippen LogP contribution < -0.4 is 5.32 Å². The van der Waals surface area contributed by atoms with E-state index in [1.807, 2.05) is 0 Å². The molecule has 1 aromatic carbocycles. The molecule has 6 nitrogen and oxygen atoms in total. The molecule has 1 heterocycles. The maximum atomic E-state index is 13.5. The summed E-state index contributed by atoms with van der Waals surface area (Å²) in [6.07, 6.45) is 3.39. The van der Waals surface area contributed by atoms with Gasteiger partial charge in [-0.1, -0.05) is 16.0 Å². The zero-order chi connectivity index (χ0) is 17.2. The molecule has 128 valence electrons. The topological polar surface area (TPSA) is 79.6 Å². The quantitative estimate of drug-likeness (QED) is 0.776. The SMILES string of the molecule is O=C(NC1CC1)c1ccc(CN(Cc2ccco2)S(=O)(=O)F)cc1. The zero-order valence-corrected chi connectivity index (χ0v) is 13.6. The van der Waals surface area contributed by atoms with Crippen LogP contribution in [0.25, 0.3) is 0 Å². The van der Waals surface area contributed by atoms with E-state index in [0.29, 0.717) is 21.2 Å². The van der Waals surface area contributed by atoms with Crippen LogP contribution in [0.3, 0.4) is 0 Å². The number of rotatable bonds is 7. The van der Waals surface area contributed by atoms with Gasteiger partial charge in [-0.3, -0.25) is 4.79 Å². The Bertz CT molecular complexity index is 799.